The molecule has 3 atom stereocenters. The normalized spacial score (nSPS) is 27.0. The lowest BCUT2D eigenvalue weighted by atomic mass is 9.67. The summed E-state index contributed by atoms with van der Waals surface area (Å²) < 4.78 is 23.4. The summed E-state index contributed by atoms with van der Waals surface area (Å²) in [4.78, 5) is 26.4. The molecule has 0 N–H and O–H groups in total. The van der Waals surface area contributed by atoms with E-state index in [0.717, 1.165) is 17.4 Å². The second-order valence-corrected chi connectivity index (χ2v) is 15.4. The molecule has 0 saturated heterocycles. The third kappa shape index (κ3) is 4.03. The highest BCUT2D eigenvalue weighted by Crippen LogP contribution is 2.65. The maximum atomic E-state index is 13.4. The number of aldehydes is 1. The predicted octanol–water partition coefficient (Wildman–Crippen LogP) is 5.41. The zero-order valence-corrected chi connectivity index (χ0v) is 22.2. The number of methoxy groups -OCH3 is 2. The summed E-state index contributed by atoms with van der Waals surface area (Å²) in [7, 11) is 1.03. The van der Waals surface area contributed by atoms with Crippen LogP contribution in [0.1, 0.15) is 52.5 Å². The van der Waals surface area contributed by atoms with Gasteiger partial charge >= 0.3 is 5.97 Å². The van der Waals surface area contributed by atoms with Crippen LogP contribution in [0.4, 0.5) is 0 Å². The topological polar surface area (TPSA) is 71.1 Å². The van der Waals surface area contributed by atoms with Crippen molar-refractivity contribution in [2.75, 3.05) is 20.8 Å². The summed E-state index contributed by atoms with van der Waals surface area (Å²) in [6.45, 7) is 13.0. The maximum absolute atomic E-state index is 13.4. The van der Waals surface area contributed by atoms with Crippen molar-refractivity contribution in [2.45, 2.75) is 71.2 Å². The minimum absolute atomic E-state index is 0.0167. The Morgan fingerprint density at radius 2 is 1.91 bits per heavy atom. The van der Waals surface area contributed by atoms with Gasteiger partial charge in [0.25, 0.3) is 0 Å². The standard InChI is InChI=1S/C26H38O6Si/c1-9-31-23(28)25-13-12-22(32-33(7,8)24(2,3)4)26(25,17-27)16-18(15-25)20-14-19(29-5)10-11-21(20)30-6/h10-11,14-15,17,22H,9,12-13,16H2,1-8H3/t22-,25+,26-/m0/s1. The maximum Gasteiger partial charge on any atom is 0.317 e. The van der Waals surface area contributed by atoms with Crippen molar-refractivity contribution in [3.63, 3.8) is 0 Å². The van der Waals surface area contributed by atoms with Crippen LogP contribution in [0.2, 0.25) is 18.1 Å². The molecule has 1 saturated carbocycles. The van der Waals surface area contributed by atoms with E-state index in [1.807, 2.05) is 24.3 Å². The van der Waals surface area contributed by atoms with E-state index in [4.69, 9.17) is 18.6 Å². The van der Waals surface area contributed by atoms with E-state index in [-0.39, 0.29) is 23.7 Å². The van der Waals surface area contributed by atoms with E-state index in [9.17, 15) is 9.59 Å². The highest BCUT2D eigenvalue weighted by molar-refractivity contribution is 6.74. The molecule has 0 unspecified atom stereocenters. The van der Waals surface area contributed by atoms with Crippen molar-refractivity contribution < 1.29 is 28.2 Å². The molecule has 7 heteroatoms. The van der Waals surface area contributed by atoms with Crippen LogP contribution in [0, 0.1) is 10.8 Å². The lowest BCUT2D eigenvalue weighted by Crippen LogP contribution is -2.52. The van der Waals surface area contributed by atoms with Crippen molar-refractivity contribution in [3.05, 3.63) is 29.8 Å². The summed E-state index contributed by atoms with van der Waals surface area (Å²) in [5.41, 5.74) is -0.365. The van der Waals surface area contributed by atoms with Crippen molar-refractivity contribution >= 4 is 26.1 Å². The van der Waals surface area contributed by atoms with E-state index >= 15 is 0 Å². The van der Waals surface area contributed by atoms with Crippen LogP contribution < -0.4 is 9.47 Å². The molecule has 0 aliphatic heterocycles. The molecule has 0 heterocycles. The van der Waals surface area contributed by atoms with E-state index in [2.05, 4.69) is 33.9 Å². The Kier molecular flexibility index (Phi) is 6.89. The molecule has 2 aliphatic carbocycles. The molecule has 0 aromatic heterocycles. The molecular weight excluding hydrogens is 436 g/mol. The largest absolute Gasteiger partial charge is 0.497 e. The highest BCUT2D eigenvalue weighted by Gasteiger charge is 2.68. The van der Waals surface area contributed by atoms with E-state index in [0.29, 0.717) is 30.8 Å². The zero-order valence-electron chi connectivity index (χ0n) is 21.2. The number of rotatable bonds is 8. The number of fused-ring (bicyclic) bond motifs is 1. The number of hydrogen-bond donors (Lipinski definition) is 0. The van der Waals surface area contributed by atoms with Gasteiger partial charge in [-0.05, 0) is 68.1 Å². The molecule has 0 bridgehead atoms. The number of ether oxygens (including phenoxy) is 3. The number of carbonyl (C=O) groups excluding carboxylic acids is 2. The first-order valence-corrected chi connectivity index (χ1v) is 14.6. The molecule has 0 spiro atoms. The van der Waals surface area contributed by atoms with Gasteiger partial charge < -0.3 is 23.4 Å². The molecule has 1 aromatic rings. The second-order valence-electron chi connectivity index (χ2n) is 10.7. The Balaban J connectivity index is 2.14. The zero-order chi connectivity index (χ0) is 24.7. The lowest BCUT2D eigenvalue weighted by Gasteiger charge is -2.44. The summed E-state index contributed by atoms with van der Waals surface area (Å²) in [6, 6.07) is 5.57. The first kappa shape index (κ1) is 25.5. The Hall–Kier alpha value is -2.12. The first-order valence-electron chi connectivity index (χ1n) is 11.7. The Morgan fingerprint density at radius 1 is 1.21 bits per heavy atom. The summed E-state index contributed by atoms with van der Waals surface area (Å²) in [5, 5.41) is -0.0167. The minimum atomic E-state index is -2.19. The Labute approximate surface area is 198 Å². The molecule has 1 fully saturated rings. The lowest BCUT2D eigenvalue weighted by molar-refractivity contribution is -0.161. The van der Waals surface area contributed by atoms with Crippen LogP contribution in [-0.2, 0) is 18.8 Å². The molecule has 3 rings (SSSR count). The molecule has 0 radical (unpaired) electrons. The third-order valence-corrected chi connectivity index (χ3v) is 12.4. The number of esters is 1. The molecule has 0 amide bonds. The fraction of sp³-hybridized carbons (Fsp3) is 0.615. The number of benzene rings is 1. The number of carbonyl (C=O) groups is 2. The minimum Gasteiger partial charge on any atom is -0.497 e. The smallest absolute Gasteiger partial charge is 0.317 e. The van der Waals surface area contributed by atoms with E-state index in [1.165, 1.54) is 0 Å². The van der Waals surface area contributed by atoms with Gasteiger partial charge in [-0.1, -0.05) is 26.8 Å². The predicted molar refractivity (Wildman–Crippen MR) is 131 cm³/mol. The average molecular weight is 475 g/mol. The molecule has 1 aromatic carbocycles. The van der Waals surface area contributed by atoms with Gasteiger partial charge in [-0.15, -0.1) is 0 Å². The van der Waals surface area contributed by atoms with Gasteiger partial charge in [0, 0.05) is 5.56 Å². The summed E-state index contributed by atoms with van der Waals surface area (Å²) >= 11 is 0. The van der Waals surface area contributed by atoms with Crippen molar-refractivity contribution in [2.24, 2.45) is 10.8 Å². The van der Waals surface area contributed by atoms with Gasteiger partial charge in [-0.3, -0.25) is 4.79 Å². The van der Waals surface area contributed by atoms with Crippen molar-refractivity contribution in [3.8, 4) is 11.5 Å². The van der Waals surface area contributed by atoms with Gasteiger partial charge in [0.15, 0.2) is 8.32 Å². The SMILES string of the molecule is CCOC(=O)[C@@]12C=C(c3cc(OC)ccc3OC)C[C@]1(C=O)[C@@H](O[Si](C)(C)C(C)(C)C)CC2. The van der Waals surface area contributed by atoms with Crippen LogP contribution in [0.25, 0.3) is 5.57 Å². The summed E-state index contributed by atoms with van der Waals surface area (Å²) in [6.07, 6.45) is 4.10. The van der Waals surface area contributed by atoms with Crippen LogP contribution in [0.15, 0.2) is 24.3 Å². The van der Waals surface area contributed by atoms with Crippen molar-refractivity contribution in [1.29, 1.82) is 0 Å². The fourth-order valence-electron chi connectivity index (χ4n) is 5.05. The second kappa shape index (κ2) is 8.91. The molecular formula is C26H38O6Si. The van der Waals surface area contributed by atoms with E-state index in [1.54, 1.807) is 21.1 Å². The fourth-order valence-corrected chi connectivity index (χ4v) is 6.44. The first-order chi connectivity index (χ1) is 15.4. The van der Waals surface area contributed by atoms with Gasteiger partial charge in [0.05, 0.1) is 32.3 Å². The average Bonchev–Trinajstić information content (AvgIpc) is 3.25. The van der Waals surface area contributed by atoms with Crippen LogP contribution in [-0.4, -0.2) is 47.5 Å². The van der Waals surface area contributed by atoms with Crippen LogP contribution >= 0.6 is 0 Å². The third-order valence-electron chi connectivity index (χ3n) is 7.96. The van der Waals surface area contributed by atoms with Gasteiger partial charge in [0.1, 0.15) is 23.2 Å². The quantitative estimate of drug-likeness (QED) is 0.285. The monoisotopic (exact) mass is 474 g/mol. The Bertz CT molecular complexity index is 947. The number of hydrogen-bond acceptors (Lipinski definition) is 6. The van der Waals surface area contributed by atoms with Gasteiger partial charge in [0.2, 0.25) is 0 Å². The Morgan fingerprint density at radius 3 is 2.45 bits per heavy atom. The molecule has 182 valence electrons. The van der Waals surface area contributed by atoms with Crippen LogP contribution in [0.3, 0.4) is 0 Å². The highest BCUT2D eigenvalue weighted by atomic mass is 28.4. The number of allylic oxidation sites excluding steroid dienone is 1. The van der Waals surface area contributed by atoms with Gasteiger partial charge in [-0.2, -0.15) is 0 Å². The van der Waals surface area contributed by atoms with Crippen molar-refractivity contribution in [1.82, 2.24) is 0 Å². The molecule has 6 nitrogen and oxygen atoms in total. The summed E-state index contributed by atoms with van der Waals surface area (Å²) in [5.74, 6) is 1.00. The van der Waals surface area contributed by atoms with E-state index < -0.39 is 19.1 Å². The van der Waals surface area contributed by atoms with Crippen LogP contribution in [0.5, 0.6) is 11.5 Å². The molecule has 2 aliphatic rings. The molecule has 33 heavy (non-hydrogen) atoms. The van der Waals surface area contributed by atoms with Gasteiger partial charge in [-0.25, -0.2) is 0 Å².